The van der Waals surface area contributed by atoms with Crippen LogP contribution in [-0.4, -0.2) is 62.2 Å². The zero-order valence-corrected chi connectivity index (χ0v) is 13.8. The third kappa shape index (κ3) is 5.40. The van der Waals surface area contributed by atoms with E-state index in [1.54, 1.807) is 0 Å². The first-order valence-electron chi connectivity index (χ1n) is 8.08. The second-order valence-electron chi connectivity index (χ2n) is 6.36. The highest BCUT2D eigenvalue weighted by atomic mass is 15.1. The largest absolute Gasteiger partial charge is 0.306 e. The maximum atomic E-state index is 9.40. The highest BCUT2D eigenvalue weighted by Crippen LogP contribution is 2.18. The number of nitriles is 1. The molecule has 4 heteroatoms. The van der Waals surface area contributed by atoms with E-state index < -0.39 is 0 Å². The average Bonchev–Trinajstić information content (AvgIpc) is 2.83. The van der Waals surface area contributed by atoms with E-state index in [0.29, 0.717) is 0 Å². The van der Waals surface area contributed by atoms with Gasteiger partial charge in [-0.2, -0.15) is 5.26 Å². The fourth-order valence-electron chi connectivity index (χ4n) is 3.26. The van der Waals surface area contributed by atoms with Gasteiger partial charge in [-0.25, -0.2) is 0 Å². The van der Waals surface area contributed by atoms with Crippen molar-refractivity contribution in [2.24, 2.45) is 5.92 Å². The molecule has 4 nitrogen and oxygen atoms in total. The van der Waals surface area contributed by atoms with E-state index in [2.05, 4.69) is 49.1 Å². The van der Waals surface area contributed by atoms with Crippen LogP contribution in [-0.2, 0) is 0 Å². The van der Waals surface area contributed by atoms with Gasteiger partial charge < -0.3 is 9.80 Å². The van der Waals surface area contributed by atoms with Gasteiger partial charge >= 0.3 is 0 Å². The molecular formula is C16H32N4. The summed E-state index contributed by atoms with van der Waals surface area (Å²) in [5, 5.41) is 12.8. The van der Waals surface area contributed by atoms with E-state index in [4.69, 9.17) is 0 Å². The SMILES string of the molecule is CCNC(C#N)(CC)CCCN(C)CC1CCN(C)C1. The number of nitrogens with zero attached hydrogens (tertiary/aromatic N) is 3. The van der Waals surface area contributed by atoms with Crippen molar-refractivity contribution in [2.45, 2.75) is 45.1 Å². The molecule has 1 rings (SSSR count). The Labute approximate surface area is 125 Å². The van der Waals surface area contributed by atoms with Crippen LogP contribution < -0.4 is 5.32 Å². The smallest absolute Gasteiger partial charge is 0.106 e. The molecule has 1 N–H and O–H groups in total. The predicted molar refractivity (Wildman–Crippen MR) is 84.6 cm³/mol. The van der Waals surface area contributed by atoms with Crippen LogP contribution in [0.4, 0.5) is 0 Å². The zero-order valence-electron chi connectivity index (χ0n) is 13.8. The Balaban J connectivity index is 2.26. The molecule has 0 aromatic carbocycles. The van der Waals surface area contributed by atoms with Gasteiger partial charge in [0.05, 0.1) is 6.07 Å². The third-order valence-corrected chi connectivity index (χ3v) is 4.53. The van der Waals surface area contributed by atoms with Crippen molar-refractivity contribution < 1.29 is 0 Å². The first-order valence-corrected chi connectivity index (χ1v) is 8.08. The second kappa shape index (κ2) is 8.61. The maximum Gasteiger partial charge on any atom is 0.106 e. The monoisotopic (exact) mass is 280 g/mol. The molecule has 1 aliphatic rings. The Morgan fingerprint density at radius 1 is 1.45 bits per heavy atom. The second-order valence-corrected chi connectivity index (χ2v) is 6.36. The van der Waals surface area contributed by atoms with Gasteiger partial charge in [-0.05, 0) is 65.3 Å². The van der Waals surface area contributed by atoms with Crippen molar-refractivity contribution in [3.63, 3.8) is 0 Å². The van der Waals surface area contributed by atoms with E-state index in [1.807, 2.05) is 0 Å². The van der Waals surface area contributed by atoms with E-state index in [9.17, 15) is 5.26 Å². The summed E-state index contributed by atoms with van der Waals surface area (Å²) in [6.07, 6.45) is 4.25. The molecule has 1 fully saturated rings. The van der Waals surface area contributed by atoms with E-state index in [0.717, 1.165) is 38.3 Å². The summed E-state index contributed by atoms with van der Waals surface area (Å²) < 4.78 is 0. The van der Waals surface area contributed by atoms with Crippen LogP contribution in [0.25, 0.3) is 0 Å². The minimum atomic E-state index is -0.316. The number of nitrogens with one attached hydrogen (secondary N) is 1. The summed E-state index contributed by atoms with van der Waals surface area (Å²) in [4.78, 5) is 4.86. The summed E-state index contributed by atoms with van der Waals surface area (Å²) in [6.45, 7) is 9.80. The minimum absolute atomic E-state index is 0.316. The Bertz CT molecular complexity index is 312. The van der Waals surface area contributed by atoms with Gasteiger partial charge in [0.1, 0.15) is 5.54 Å². The molecule has 0 bridgehead atoms. The standard InChI is InChI=1S/C16H32N4/c1-5-16(14-17,18-6-2)9-7-10-19(3)12-15-8-11-20(4)13-15/h15,18H,5-13H2,1-4H3. The molecule has 0 aromatic rings. The van der Waals surface area contributed by atoms with Gasteiger partial charge in [-0.3, -0.25) is 5.32 Å². The lowest BCUT2D eigenvalue weighted by Crippen LogP contribution is -2.43. The molecule has 2 atom stereocenters. The number of rotatable bonds is 9. The quantitative estimate of drug-likeness (QED) is 0.701. The highest BCUT2D eigenvalue weighted by molar-refractivity contribution is 5.05. The molecule has 0 spiro atoms. The zero-order chi connectivity index (χ0) is 15.0. The summed E-state index contributed by atoms with van der Waals surface area (Å²) in [7, 11) is 4.42. The van der Waals surface area contributed by atoms with Gasteiger partial charge in [-0.15, -0.1) is 0 Å². The molecule has 2 unspecified atom stereocenters. The predicted octanol–water partition coefficient (Wildman–Crippen LogP) is 1.93. The molecule has 1 saturated heterocycles. The van der Waals surface area contributed by atoms with Gasteiger partial charge in [0, 0.05) is 13.1 Å². The highest BCUT2D eigenvalue weighted by Gasteiger charge is 2.26. The molecule has 1 aliphatic heterocycles. The van der Waals surface area contributed by atoms with Crippen LogP contribution in [0.3, 0.4) is 0 Å². The van der Waals surface area contributed by atoms with Crippen LogP contribution in [0.5, 0.6) is 0 Å². The van der Waals surface area contributed by atoms with Crippen LogP contribution in [0.2, 0.25) is 0 Å². The van der Waals surface area contributed by atoms with Crippen molar-refractivity contribution in [1.82, 2.24) is 15.1 Å². The van der Waals surface area contributed by atoms with Crippen LogP contribution in [0, 0.1) is 17.2 Å². The molecule has 0 radical (unpaired) electrons. The Morgan fingerprint density at radius 2 is 2.20 bits per heavy atom. The third-order valence-electron chi connectivity index (χ3n) is 4.53. The lowest BCUT2D eigenvalue weighted by molar-refractivity contribution is 0.256. The molecular weight excluding hydrogens is 248 g/mol. The molecule has 0 amide bonds. The van der Waals surface area contributed by atoms with E-state index in [-0.39, 0.29) is 5.54 Å². The van der Waals surface area contributed by atoms with Gasteiger partial charge in [0.25, 0.3) is 0 Å². The van der Waals surface area contributed by atoms with Crippen LogP contribution in [0.1, 0.15) is 39.5 Å². The molecule has 0 aromatic heterocycles. The summed E-state index contributed by atoms with van der Waals surface area (Å²) in [6, 6.07) is 2.48. The Kier molecular flexibility index (Phi) is 7.50. The molecule has 1 heterocycles. The van der Waals surface area contributed by atoms with Crippen molar-refractivity contribution >= 4 is 0 Å². The number of hydrogen-bond donors (Lipinski definition) is 1. The first-order chi connectivity index (χ1) is 9.55. The first kappa shape index (κ1) is 17.4. The molecule has 20 heavy (non-hydrogen) atoms. The lowest BCUT2D eigenvalue weighted by Gasteiger charge is -2.27. The fourth-order valence-corrected chi connectivity index (χ4v) is 3.26. The normalized spacial score (nSPS) is 22.9. The van der Waals surface area contributed by atoms with E-state index in [1.165, 1.54) is 26.1 Å². The van der Waals surface area contributed by atoms with Crippen LogP contribution >= 0.6 is 0 Å². The molecule has 0 aliphatic carbocycles. The van der Waals surface area contributed by atoms with Crippen molar-refractivity contribution in [3.8, 4) is 6.07 Å². The van der Waals surface area contributed by atoms with Crippen molar-refractivity contribution in [3.05, 3.63) is 0 Å². The topological polar surface area (TPSA) is 42.3 Å². The van der Waals surface area contributed by atoms with Crippen molar-refractivity contribution in [1.29, 1.82) is 5.26 Å². The summed E-state index contributed by atoms with van der Waals surface area (Å²) in [5.74, 6) is 0.825. The summed E-state index contributed by atoms with van der Waals surface area (Å²) in [5.41, 5.74) is -0.316. The molecule has 116 valence electrons. The molecule has 0 saturated carbocycles. The maximum absolute atomic E-state index is 9.40. The number of hydrogen-bond acceptors (Lipinski definition) is 4. The minimum Gasteiger partial charge on any atom is -0.306 e. The summed E-state index contributed by atoms with van der Waals surface area (Å²) >= 11 is 0. The fraction of sp³-hybridized carbons (Fsp3) is 0.938. The lowest BCUT2D eigenvalue weighted by atomic mass is 9.92. The van der Waals surface area contributed by atoms with Gasteiger partial charge in [0.2, 0.25) is 0 Å². The van der Waals surface area contributed by atoms with Crippen LogP contribution in [0.15, 0.2) is 0 Å². The number of likely N-dealkylation sites (tertiary alicyclic amines) is 1. The van der Waals surface area contributed by atoms with Crippen molar-refractivity contribution in [2.75, 3.05) is 46.8 Å². The Hall–Kier alpha value is -0.630. The average molecular weight is 280 g/mol. The van der Waals surface area contributed by atoms with Gasteiger partial charge in [-0.1, -0.05) is 13.8 Å². The van der Waals surface area contributed by atoms with Gasteiger partial charge in [0.15, 0.2) is 0 Å². The van der Waals surface area contributed by atoms with E-state index >= 15 is 0 Å². The Morgan fingerprint density at radius 3 is 2.70 bits per heavy atom.